The summed E-state index contributed by atoms with van der Waals surface area (Å²) in [5.41, 5.74) is 2.33. The van der Waals surface area contributed by atoms with Gasteiger partial charge >= 0.3 is 0 Å². The highest BCUT2D eigenvalue weighted by Crippen LogP contribution is 2.02. The van der Waals surface area contributed by atoms with Crippen LogP contribution in [0.25, 0.3) is 0 Å². The Morgan fingerprint density at radius 2 is 2.10 bits per heavy atom. The smallest absolute Gasteiger partial charge is 0.122 e. The van der Waals surface area contributed by atoms with Crippen LogP contribution in [0, 0.1) is 13.8 Å². The summed E-state index contributed by atoms with van der Waals surface area (Å²) in [6, 6.07) is 2.12. The quantitative estimate of drug-likeness (QED) is 0.752. The van der Waals surface area contributed by atoms with Crippen LogP contribution < -0.4 is 5.32 Å². The zero-order valence-electron chi connectivity index (χ0n) is 12.8. The number of imidazole rings is 1. The summed E-state index contributed by atoms with van der Waals surface area (Å²) in [6.45, 7) is 10.2. The third-order valence-electron chi connectivity index (χ3n) is 3.38. The molecular formula is C15H25N5. The van der Waals surface area contributed by atoms with Crippen molar-refractivity contribution in [2.45, 2.75) is 53.2 Å². The molecule has 110 valence electrons. The van der Waals surface area contributed by atoms with E-state index in [1.807, 2.05) is 13.1 Å². The maximum atomic E-state index is 4.47. The number of hydrogen-bond acceptors (Lipinski definition) is 3. The second-order valence-corrected chi connectivity index (χ2v) is 5.22. The van der Waals surface area contributed by atoms with E-state index in [9.17, 15) is 0 Å². The average Bonchev–Trinajstić information content (AvgIpc) is 2.97. The normalized spacial score (nSPS) is 11.2. The van der Waals surface area contributed by atoms with Crippen molar-refractivity contribution in [3.05, 3.63) is 35.7 Å². The molecule has 0 aliphatic rings. The van der Waals surface area contributed by atoms with Gasteiger partial charge in [-0.2, -0.15) is 5.10 Å². The van der Waals surface area contributed by atoms with Crippen LogP contribution in [0.3, 0.4) is 0 Å². The van der Waals surface area contributed by atoms with Gasteiger partial charge in [0, 0.05) is 31.2 Å². The first-order valence-electron chi connectivity index (χ1n) is 7.42. The Bertz CT molecular complexity index is 526. The lowest BCUT2D eigenvalue weighted by Gasteiger charge is -2.08. The highest BCUT2D eigenvalue weighted by molar-refractivity contribution is 5.06. The van der Waals surface area contributed by atoms with E-state index in [0.717, 1.165) is 50.5 Å². The molecule has 0 aromatic carbocycles. The third-order valence-corrected chi connectivity index (χ3v) is 3.38. The fraction of sp³-hybridized carbons (Fsp3) is 0.600. The van der Waals surface area contributed by atoms with Crippen molar-refractivity contribution in [2.75, 3.05) is 6.54 Å². The summed E-state index contributed by atoms with van der Waals surface area (Å²) in [5.74, 6) is 1.12. The first-order chi connectivity index (χ1) is 9.70. The molecule has 2 heterocycles. The van der Waals surface area contributed by atoms with Crippen molar-refractivity contribution >= 4 is 0 Å². The number of aryl methyl sites for hydroxylation is 4. The molecule has 2 aromatic rings. The molecule has 1 N–H and O–H groups in total. The highest BCUT2D eigenvalue weighted by atomic mass is 15.3. The van der Waals surface area contributed by atoms with Crippen molar-refractivity contribution in [3.63, 3.8) is 0 Å². The first-order valence-corrected chi connectivity index (χ1v) is 7.42. The monoisotopic (exact) mass is 275 g/mol. The molecule has 2 rings (SSSR count). The Kier molecular flexibility index (Phi) is 5.35. The predicted octanol–water partition coefficient (Wildman–Crippen LogP) is 2.29. The molecule has 0 saturated heterocycles. The molecule has 0 fully saturated rings. The van der Waals surface area contributed by atoms with Gasteiger partial charge in [-0.25, -0.2) is 4.98 Å². The van der Waals surface area contributed by atoms with E-state index in [1.165, 1.54) is 5.69 Å². The molecule has 0 aliphatic heterocycles. The van der Waals surface area contributed by atoms with E-state index in [1.54, 1.807) is 0 Å². The number of aromatic nitrogens is 4. The second-order valence-electron chi connectivity index (χ2n) is 5.22. The lowest BCUT2D eigenvalue weighted by Crippen LogP contribution is -2.19. The standard InChI is InChI=1S/C15H25N5/c1-4-8-19-10-7-17-15(19)12-16-6-5-9-20-14(3)11-13(2)18-20/h7,10-11,16H,4-6,8-9,12H2,1-3H3. The molecule has 0 saturated carbocycles. The molecule has 0 radical (unpaired) electrons. The zero-order valence-corrected chi connectivity index (χ0v) is 12.8. The van der Waals surface area contributed by atoms with Crippen LogP contribution >= 0.6 is 0 Å². The predicted molar refractivity (Wildman–Crippen MR) is 80.5 cm³/mol. The Morgan fingerprint density at radius 1 is 1.25 bits per heavy atom. The van der Waals surface area contributed by atoms with Crippen LogP contribution in [0.5, 0.6) is 0 Å². The molecule has 0 bridgehead atoms. The van der Waals surface area contributed by atoms with Crippen molar-refractivity contribution in [2.24, 2.45) is 0 Å². The fourth-order valence-corrected chi connectivity index (χ4v) is 2.41. The SMILES string of the molecule is CCCn1ccnc1CNCCCn1nc(C)cc1C. The van der Waals surface area contributed by atoms with Crippen molar-refractivity contribution in [3.8, 4) is 0 Å². The maximum absolute atomic E-state index is 4.47. The Hall–Kier alpha value is -1.62. The molecule has 0 aliphatic carbocycles. The van der Waals surface area contributed by atoms with E-state index >= 15 is 0 Å². The minimum absolute atomic E-state index is 0.837. The van der Waals surface area contributed by atoms with E-state index in [-0.39, 0.29) is 0 Å². The summed E-state index contributed by atoms with van der Waals surface area (Å²) < 4.78 is 4.29. The molecule has 20 heavy (non-hydrogen) atoms. The van der Waals surface area contributed by atoms with Gasteiger partial charge in [0.15, 0.2) is 0 Å². The van der Waals surface area contributed by atoms with E-state index in [4.69, 9.17) is 0 Å². The molecular weight excluding hydrogens is 250 g/mol. The summed E-state index contributed by atoms with van der Waals surface area (Å²) >= 11 is 0. The van der Waals surface area contributed by atoms with Crippen molar-refractivity contribution < 1.29 is 0 Å². The molecule has 2 aromatic heterocycles. The molecule has 0 unspecified atom stereocenters. The number of nitrogens with zero attached hydrogens (tertiary/aromatic N) is 4. The van der Waals surface area contributed by atoms with Gasteiger partial charge in [0.1, 0.15) is 5.82 Å². The van der Waals surface area contributed by atoms with E-state index in [0.29, 0.717) is 0 Å². The highest BCUT2D eigenvalue weighted by Gasteiger charge is 2.02. The summed E-state index contributed by atoms with van der Waals surface area (Å²) in [7, 11) is 0. The lowest BCUT2D eigenvalue weighted by atomic mass is 10.4. The first kappa shape index (κ1) is 14.8. The largest absolute Gasteiger partial charge is 0.334 e. The molecule has 5 heteroatoms. The molecule has 5 nitrogen and oxygen atoms in total. The van der Waals surface area contributed by atoms with Gasteiger partial charge in [0.05, 0.1) is 12.2 Å². The van der Waals surface area contributed by atoms with Gasteiger partial charge in [-0.05, 0) is 39.3 Å². The van der Waals surface area contributed by atoms with Crippen LogP contribution in [0.15, 0.2) is 18.5 Å². The van der Waals surface area contributed by atoms with Crippen LogP contribution in [0.2, 0.25) is 0 Å². The van der Waals surface area contributed by atoms with Gasteiger partial charge in [-0.1, -0.05) is 6.92 Å². The number of hydrogen-bond donors (Lipinski definition) is 1. The van der Waals surface area contributed by atoms with Crippen molar-refractivity contribution in [1.82, 2.24) is 24.6 Å². The van der Waals surface area contributed by atoms with Gasteiger partial charge in [-0.3, -0.25) is 4.68 Å². The van der Waals surface area contributed by atoms with Crippen molar-refractivity contribution in [1.29, 1.82) is 0 Å². The topological polar surface area (TPSA) is 47.7 Å². The Balaban J connectivity index is 1.69. The van der Waals surface area contributed by atoms with E-state index < -0.39 is 0 Å². The summed E-state index contributed by atoms with van der Waals surface area (Å²) in [5, 5.41) is 7.93. The fourth-order valence-electron chi connectivity index (χ4n) is 2.41. The van der Waals surface area contributed by atoms with Crippen LogP contribution in [-0.4, -0.2) is 25.9 Å². The zero-order chi connectivity index (χ0) is 14.4. The van der Waals surface area contributed by atoms with Gasteiger partial charge < -0.3 is 9.88 Å². The number of rotatable bonds is 8. The second kappa shape index (κ2) is 7.24. The average molecular weight is 275 g/mol. The lowest BCUT2D eigenvalue weighted by molar-refractivity contribution is 0.519. The molecule has 0 spiro atoms. The van der Waals surface area contributed by atoms with E-state index in [2.05, 4.69) is 50.8 Å². The summed E-state index contributed by atoms with van der Waals surface area (Å²) in [4.78, 5) is 4.39. The molecule has 0 amide bonds. The minimum Gasteiger partial charge on any atom is -0.334 e. The third kappa shape index (κ3) is 3.93. The molecule has 0 atom stereocenters. The van der Waals surface area contributed by atoms with Gasteiger partial charge in [-0.15, -0.1) is 0 Å². The summed E-state index contributed by atoms with van der Waals surface area (Å²) in [6.07, 6.45) is 6.15. The maximum Gasteiger partial charge on any atom is 0.122 e. The van der Waals surface area contributed by atoms with Gasteiger partial charge in [0.25, 0.3) is 0 Å². The minimum atomic E-state index is 0.837. The van der Waals surface area contributed by atoms with Crippen LogP contribution in [-0.2, 0) is 19.6 Å². The van der Waals surface area contributed by atoms with Crippen LogP contribution in [0.1, 0.15) is 37.0 Å². The van der Waals surface area contributed by atoms with Gasteiger partial charge in [0.2, 0.25) is 0 Å². The Labute approximate surface area is 121 Å². The van der Waals surface area contributed by atoms with Crippen LogP contribution in [0.4, 0.5) is 0 Å². The Morgan fingerprint density at radius 3 is 2.80 bits per heavy atom. The number of nitrogens with one attached hydrogen (secondary N) is 1.